The van der Waals surface area contributed by atoms with Crippen molar-refractivity contribution in [2.45, 2.75) is 71.8 Å². The quantitative estimate of drug-likeness (QED) is 0.503. The lowest BCUT2D eigenvalue weighted by molar-refractivity contribution is -0.122. The van der Waals surface area contributed by atoms with E-state index in [0.29, 0.717) is 18.8 Å². The Bertz CT molecular complexity index is 385. The monoisotopic (exact) mass is 281 g/mol. The molecule has 1 heterocycles. The molecular formula is C16H27NO3. The van der Waals surface area contributed by atoms with E-state index in [-0.39, 0.29) is 23.2 Å². The molecule has 1 amide bonds. The van der Waals surface area contributed by atoms with Crippen molar-refractivity contribution >= 4 is 11.7 Å². The highest BCUT2D eigenvalue weighted by Crippen LogP contribution is 2.22. The first-order valence-corrected chi connectivity index (χ1v) is 7.74. The minimum absolute atomic E-state index is 0.00820. The van der Waals surface area contributed by atoms with Gasteiger partial charge in [-0.05, 0) is 18.8 Å². The van der Waals surface area contributed by atoms with Crippen LogP contribution in [-0.4, -0.2) is 22.8 Å². The number of nitrogens with one attached hydrogen (secondary N) is 1. The van der Waals surface area contributed by atoms with Gasteiger partial charge in [0.2, 0.25) is 0 Å². The number of aliphatic hydroxyl groups is 1. The SMILES string of the molecule is CCCCCCCC(=O)C1=C(O)C(CC(C)C)NC1=O. The van der Waals surface area contributed by atoms with E-state index in [0.717, 1.165) is 19.3 Å². The molecule has 0 aromatic heterocycles. The number of carbonyl (C=O) groups is 2. The third kappa shape index (κ3) is 4.66. The van der Waals surface area contributed by atoms with Gasteiger partial charge in [0.15, 0.2) is 5.78 Å². The molecule has 4 nitrogen and oxygen atoms in total. The molecule has 1 aliphatic rings. The van der Waals surface area contributed by atoms with Crippen LogP contribution in [0.25, 0.3) is 0 Å². The molecule has 0 spiro atoms. The summed E-state index contributed by atoms with van der Waals surface area (Å²) in [6.45, 7) is 6.19. The molecule has 0 fully saturated rings. The smallest absolute Gasteiger partial charge is 0.259 e. The predicted octanol–water partition coefficient (Wildman–Crippen LogP) is 3.27. The van der Waals surface area contributed by atoms with Gasteiger partial charge in [-0.3, -0.25) is 9.59 Å². The Morgan fingerprint density at radius 3 is 2.50 bits per heavy atom. The van der Waals surface area contributed by atoms with Crippen LogP contribution < -0.4 is 5.32 Å². The summed E-state index contributed by atoms with van der Waals surface area (Å²) < 4.78 is 0. The van der Waals surface area contributed by atoms with Crippen LogP contribution in [0.1, 0.15) is 65.7 Å². The lowest BCUT2D eigenvalue weighted by atomic mass is 10.00. The van der Waals surface area contributed by atoms with Crippen LogP contribution in [0.4, 0.5) is 0 Å². The Balaban J connectivity index is 2.52. The van der Waals surface area contributed by atoms with E-state index in [1.807, 2.05) is 13.8 Å². The van der Waals surface area contributed by atoms with Crippen molar-refractivity contribution in [3.8, 4) is 0 Å². The van der Waals surface area contributed by atoms with Gasteiger partial charge in [0.25, 0.3) is 5.91 Å². The summed E-state index contributed by atoms with van der Waals surface area (Å²) in [7, 11) is 0. The van der Waals surface area contributed by atoms with E-state index in [2.05, 4.69) is 12.2 Å². The van der Waals surface area contributed by atoms with Crippen molar-refractivity contribution in [2.24, 2.45) is 5.92 Å². The molecule has 1 unspecified atom stereocenters. The maximum atomic E-state index is 12.1. The summed E-state index contributed by atoms with van der Waals surface area (Å²) in [5, 5.41) is 12.7. The van der Waals surface area contributed by atoms with E-state index in [9.17, 15) is 14.7 Å². The molecule has 2 N–H and O–H groups in total. The van der Waals surface area contributed by atoms with Gasteiger partial charge in [-0.25, -0.2) is 0 Å². The largest absolute Gasteiger partial charge is 0.509 e. The Labute approximate surface area is 121 Å². The average molecular weight is 281 g/mol. The Kier molecular flexibility index (Phi) is 6.76. The van der Waals surface area contributed by atoms with Crippen LogP contribution in [0, 0.1) is 5.92 Å². The summed E-state index contributed by atoms with van der Waals surface area (Å²) in [6.07, 6.45) is 6.27. The zero-order valence-corrected chi connectivity index (χ0v) is 12.9. The number of amides is 1. The predicted molar refractivity (Wildman–Crippen MR) is 79.4 cm³/mol. The molecule has 0 aliphatic carbocycles. The fraction of sp³-hybridized carbons (Fsp3) is 0.750. The standard InChI is InChI=1S/C16H27NO3/c1-4-5-6-7-8-9-13(18)14-15(19)12(10-11(2)3)17-16(14)20/h11-12,19H,4-10H2,1-3H3,(H,17,20). The molecule has 114 valence electrons. The zero-order valence-electron chi connectivity index (χ0n) is 12.9. The van der Waals surface area contributed by atoms with Crippen molar-refractivity contribution < 1.29 is 14.7 Å². The van der Waals surface area contributed by atoms with E-state index >= 15 is 0 Å². The third-order valence-corrected chi connectivity index (χ3v) is 3.61. The first-order valence-electron chi connectivity index (χ1n) is 7.74. The minimum atomic E-state index is -0.410. The van der Waals surface area contributed by atoms with Crippen LogP contribution in [0.2, 0.25) is 0 Å². The number of unbranched alkanes of at least 4 members (excludes halogenated alkanes) is 4. The van der Waals surface area contributed by atoms with Crippen molar-refractivity contribution in [3.63, 3.8) is 0 Å². The summed E-state index contributed by atoms with van der Waals surface area (Å²) in [6, 6.07) is -0.387. The van der Waals surface area contributed by atoms with Crippen molar-refractivity contribution in [1.29, 1.82) is 0 Å². The van der Waals surface area contributed by atoms with Gasteiger partial charge in [-0.1, -0.05) is 46.5 Å². The lowest BCUT2D eigenvalue weighted by Crippen LogP contribution is -2.30. The maximum absolute atomic E-state index is 12.1. The van der Waals surface area contributed by atoms with Gasteiger partial charge in [0, 0.05) is 6.42 Å². The molecular weight excluding hydrogens is 254 g/mol. The number of ketones is 1. The highest BCUT2D eigenvalue weighted by atomic mass is 16.3. The second-order valence-corrected chi connectivity index (χ2v) is 6.00. The van der Waals surface area contributed by atoms with Crippen LogP contribution in [0.15, 0.2) is 11.3 Å². The zero-order chi connectivity index (χ0) is 15.1. The highest BCUT2D eigenvalue weighted by Gasteiger charge is 2.35. The van der Waals surface area contributed by atoms with Gasteiger partial charge in [0.05, 0.1) is 6.04 Å². The van der Waals surface area contributed by atoms with Crippen molar-refractivity contribution in [3.05, 3.63) is 11.3 Å². The highest BCUT2D eigenvalue weighted by molar-refractivity contribution is 6.21. The van der Waals surface area contributed by atoms with E-state index in [1.165, 1.54) is 12.8 Å². The van der Waals surface area contributed by atoms with E-state index < -0.39 is 5.91 Å². The van der Waals surface area contributed by atoms with Crippen molar-refractivity contribution in [1.82, 2.24) is 5.32 Å². The van der Waals surface area contributed by atoms with Crippen LogP contribution in [0.5, 0.6) is 0 Å². The average Bonchev–Trinajstić information content (AvgIpc) is 2.63. The number of hydrogen-bond acceptors (Lipinski definition) is 3. The molecule has 1 aliphatic heterocycles. The fourth-order valence-corrected chi connectivity index (χ4v) is 2.51. The Hall–Kier alpha value is -1.32. The molecule has 0 saturated heterocycles. The molecule has 20 heavy (non-hydrogen) atoms. The second-order valence-electron chi connectivity index (χ2n) is 6.00. The molecule has 0 radical (unpaired) electrons. The molecule has 0 aromatic rings. The van der Waals surface area contributed by atoms with Gasteiger partial charge < -0.3 is 10.4 Å². The van der Waals surface area contributed by atoms with E-state index in [4.69, 9.17) is 0 Å². The van der Waals surface area contributed by atoms with Crippen LogP contribution in [0.3, 0.4) is 0 Å². The molecule has 4 heteroatoms. The minimum Gasteiger partial charge on any atom is -0.509 e. The maximum Gasteiger partial charge on any atom is 0.259 e. The van der Waals surface area contributed by atoms with E-state index in [1.54, 1.807) is 0 Å². The lowest BCUT2D eigenvalue weighted by Gasteiger charge is -2.12. The third-order valence-electron chi connectivity index (χ3n) is 3.61. The summed E-state index contributed by atoms with van der Waals surface area (Å²) in [5.74, 6) is -0.331. The summed E-state index contributed by atoms with van der Waals surface area (Å²) in [5.41, 5.74) is -0.00820. The number of rotatable bonds is 9. The molecule has 0 saturated carbocycles. The molecule has 0 bridgehead atoms. The number of aliphatic hydroxyl groups excluding tert-OH is 1. The number of Topliss-reactive ketones (excluding diaryl/α,β-unsaturated/α-hetero) is 1. The first kappa shape index (κ1) is 16.7. The van der Waals surface area contributed by atoms with Crippen molar-refractivity contribution in [2.75, 3.05) is 0 Å². The molecule has 1 atom stereocenters. The summed E-state index contributed by atoms with van der Waals surface area (Å²) >= 11 is 0. The van der Waals surface area contributed by atoms with Gasteiger partial charge in [-0.15, -0.1) is 0 Å². The topological polar surface area (TPSA) is 66.4 Å². The molecule has 1 rings (SSSR count). The van der Waals surface area contributed by atoms with Gasteiger partial charge in [-0.2, -0.15) is 0 Å². The van der Waals surface area contributed by atoms with Crippen LogP contribution in [-0.2, 0) is 9.59 Å². The van der Waals surface area contributed by atoms with Gasteiger partial charge >= 0.3 is 0 Å². The first-order chi connectivity index (χ1) is 9.47. The number of carbonyl (C=O) groups excluding carboxylic acids is 2. The normalized spacial score (nSPS) is 18.8. The van der Waals surface area contributed by atoms with Gasteiger partial charge in [0.1, 0.15) is 11.3 Å². The van der Waals surface area contributed by atoms with Crippen LogP contribution >= 0.6 is 0 Å². The Morgan fingerprint density at radius 1 is 1.25 bits per heavy atom. The second kappa shape index (κ2) is 8.08. The number of hydrogen-bond donors (Lipinski definition) is 2. The fourth-order valence-electron chi connectivity index (χ4n) is 2.51. The molecule has 0 aromatic carbocycles. The Morgan fingerprint density at radius 2 is 1.90 bits per heavy atom. The summed E-state index contributed by atoms with van der Waals surface area (Å²) in [4.78, 5) is 23.9.